The number of hydrogen-bond acceptors (Lipinski definition) is 3. The van der Waals surface area contributed by atoms with Gasteiger partial charge in [-0.15, -0.1) is 0 Å². The maximum atomic E-state index is 10.2. The van der Waals surface area contributed by atoms with Crippen molar-refractivity contribution in [3.8, 4) is 0 Å². The predicted octanol–water partition coefficient (Wildman–Crippen LogP) is 2.45. The van der Waals surface area contributed by atoms with Crippen molar-refractivity contribution in [1.29, 1.82) is 0 Å². The van der Waals surface area contributed by atoms with Crippen molar-refractivity contribution in [1.82, 2.24) is 10.2 Å². The summed E-state index contributed by atoms with van der Waals surface area (Å²) in [5.41, 5.74) is 0.606. The molecule has 19 heavy (non-hydrogen) atoms. The zero-order valence-corrected chi connectivity index (χ0v) is 13.9. The summed E-state index contributed by atoms with van der Waals surface area (Å²) in [6.45, 7) is 6.17. The first kappa shape index (κ1) is 16.6. The molecule has 4 heteroatoms. The Morgan fingerprint density at radius 3 is 2.68 bits per heavy atom. The van der Waals surface area contributed by atoms with E-state index >= 15 is 0 Å². The minimum absolute atomic E-state index is 0.424. The molecule has 0 amide bonds. The summed E-state index contributed by atoms with van der Waals surface area (Å²) in [5, 5.41) is 13.6. The van der Waals surface area contributed by atoms with E-state index in [1.165, 1.54) is 5.56 Å². The van der Waals surface area contributed by atoms with Crippen LogP contribution in [-0.4, -0.2) is 49.3 Å². The highest BCUT2D eigenvalue weighted by atomic mass is 79.9. The second-order valence-electron chi connectivity index (χ2n) is 5.82. The van der Waals surface area contributed by atoms with Gasteiger partial charge in [0.05, 0.1) is 5.60 Å². The minimum Gasteiger partial charge on any atom is -0.388 e. The van der Waals surface area contributed by atoms with Crippen molar-refractivity contribution in [2.75, 3.05) is 33.7 Å². The van der Waals surface area contributed by atoms with E-state index in [0.29, 0.717) is 19.0 Å². The number of rotatable bonds is 7. The Balaban J connectivity index is 2.40. The van der Waals surface area contributed by atoms with Gasteiger partial charge in [0.1, 0.15) is 0 Å². The second-order valence-corrected chi connectivity index (χ2v) is 6.74. The Labute approximate surface area is 125 Å². The Hall–Kier alpha value is -0.420. The van der Waals surface area contributed by atoms with Crippen LogP contribution in [0.1, 0.15) is 25.3 Å². The van der Waals surface area contributed by atoms with Gasteiger partial charge in [0.2, 0.25) is 0 Å². The highest BCUT2D eigenvalue weighted by Crippen LogP contribution is 2.19. The molecule has 0 aliphatic carbocycles. The number of hydrogen-bond donors (Lipinski definition) is 2. The van der Waals surface area contributed by atoms with E-state index in [1.807, 2.05) is 32.0 Å². The third-order valence-corrected chi connectivity index (χ3v) is 3.52. The molecule has 0 heterocycles. The molecule has 1 aromatic rings. The van der Waals surface area contributed by atoms with Gasteiger partial charge in [-0.25, -0.2) is 0 Å². The molecule has 0 radical (unpaired) electrons. The van der Waals surface area contributed by atoms with Gasteiger partial charge >= 0.3 is 0 Å². The average Bonchev–Trinajstić information content (AvgIpc) is 2.26. The van der Waals surface area contributed by atoms with Crippen LogP contribution in [0.5, 0.6) is 0 Å². The summed E-state index contributed by atoms with van der Waals surface area (Å²) < 4.78 is 1.11. The Bertz CT molecular complexity index is 393. The van der Waals surface area contributed by atoms with Crippen LogP contribution in [0.3, 0.4) is 0 Å². The Kier molecular flexibility index (Phi) is 6.47. The molecule has 2 N–H and O–H groups in total. The van der Waals surface area contributed by atoms with Gasteiger partial charge in [0.25, 0.3) is 0 Å². The van der Waals surface area contributed by atoms with Crippen molar-refractivity contribution in [2.45, 2.75) is 25.4 Å². The average molecular weight is 329 g/mol. The van der Waals surface area contributed by atoms with E-state index in [1.54, 1.807) is 0 Å². The molecule has 0 spiro atoms. The normalized spacial score (nSPS) is 16.4. The van der Waals surface area contributed by atoms with Crippen molar-refractivity contribution in [2.24, 2.45) is 0 Å². The lowest BCUT2D eigenvalue weighted by Crippen LogP contribution is -2.46. The van der Waals surface area contributed by atoms with Crippen LogP contribution in [-0.2, 0) is 0 Å². The zero-order valence-electron chi connectivity index (χ0n) is 12.3. The topological polar surface area (TPSA) is 35.5 Å². The van der Waals surface area contributed by atoms with Gasteiger partial charge in [-0.05, 0) is 44.6 Å². The zero-order chi connectivity index (χ0) is 14.5. The molecule has 0 aliphatic heterocycles. The van der Waals surface area contributed by atoms with E-state index in [9.17, 15) is 5.11 Å². The Morgan fingerprint density at radius 2 is 2.11 bits per heavy atom. The number of halogens is 1. The lowest BCUT2D eigenvalue weighted by molar-refractivity contribution is 0.0338. The van der Waals surface area contributed by atoms with E-state index in [0.717, 1.165) is 11.0 Å². The van der Waals surface area contributed by atoms with Crippen molar-refractivity contribution in [3.63, 3.8) is 0 Å². The summed E-state index contributed by atoms with van der Waals surface area (Å²) in [6.07, 6.45) is 0. The molecular weight excluding hydrogens is 304 g/mol. The molecule has 0 saturated carbocycles. The molecule has 2 atom stereocenters. The van der Waals surface area contributed by atoms with E-state index in [-0.39, 0.29) is 0 Å². The SMILES string of the molecule is CC(CNCC(C)(O)CN(C)C)c1cccc(Br)c1. The van der Waals surface area contributed by atoms with Crippen molar-refractivity contribution >= 4 is 15.9 Å². The third kappa shape index (κ3) is 6.52. The maximum absolute atomic E-state index is 10.2. The molecular formula is C15H25BrN2O. The molecule has 1 aromatic carbocycles. The van der Waals surface area contributed by atoms with E-state index < -0.39 is 5.60 Å². The van der Waals surface area contributed by atoms with Gasteiger partial charge in [-0.3, -0.25) is 0 Å². The minimum atomic E-state index is -0.694. The fourth-order valence-corrected chi connectivity index (χ4v) is 2.64. The summed E-state index contributed by atoms with van der Waals surface area (Å²) in [6, 6.07) is 8.36. The van der Waals surface area contributed by atoms with Crippen LogP contribution >= 0.6 is 15.9 Å². The summed E-state index contributed by atoms with van der Waals surface area (Å²) in [4.78, 5) is 2.00. The molecule has 0 bridgehead atoms. The summed E-state index contributed by atoms with van der Waals surface area (Å²) in [7, 11) is 3.94. The van der Waals surface area contributed by atoms with E-state index in [2.05, 4.69) is 46.4 Å². The maximum Gasteiger partial charge on any atom is 0.0869 e. The number of aliphatic hydroxyl groups is 1. The van der Waals surface area contributed by atoms with Crippen LogP contribution < -0.4 is 5.32 Å². The smallest absolute Gasteiger partial charge is 0.0869 e. The van der Waals surface area contributed by atoms with Crippen LogP contribution in [0.15, 0.2) is 28.7 Å². The fourth-order valence-electron chi connectivity index (χ4n) is 2.23. The number of likely N-dealkylation sites (N-methyl/N-ethyl adjacent to an activating group) is 1. The van der Waals surface area contributed by atoms with Gasteiger partial charge in [0.15, 0.2) is 0 Å². The largest absolute Gasteiger partial charge is 0.388 e. The molecule has 1 rings (SSSR count). The van der Waals surface area contributed by atoms with Crippen molar-refractivity contribution < 1.29 is 5.11 Å². The predicted molar refractivity (Wildman–Crippen MR) is 84.6 cm³/mol. The van der Waals surface area contributed by atoms with Gasteiger partial charge < -0.3 is 15.3 Å². The van der Waals surface area contributed by atoms with Crippen LogP contribution in [0.2, 0.25) is 0 Å². The number of benzene rings is 1. The quantitative estimate of drug-likeness (QED) is 0.807. The first-order valence-corrected chi connectivity index (χ1v) is 7.43. The summed E-state index contributed by atoms with van der Waals surface area (Å²) >= 11 is 3.49. The first-order chi connectivity index (χ1) is 8.80. The summed E-state index contributed by atoms with van der Waals surface area (Å²) in [5.74, 6) is 0.424. The van der Waals surface area contributed by atoms with Crippen LogP contribution in [0, 0.1) is 0 Å². The fraction of sp³-hybridized carbons (Fsp3) is 0.600. The monoisotopic (exact) mass is 328 g/mol. The molecule has 108 valence electrons. The molecule has 2 unspecified atom stereocenters. The molecule has 0 saturated heterocycles. The first-order valence-electron chi connectivity index (χ1n) is 6.63. The molecule has 3 nitrogen and oxygen atoms in total. The highest BCUT2D eigenvalue weighted by Gasteiger charge is 2.21. The number of nitrogens with one attached hydrogen (secondary N) is 1. The molecule has 0 aliphatic rings. The molecule has 0 aromatic heterocycles. The van der Waals surface area contributed by atoms with Crippen LogP contribution in [0.25, 0.3) is 0 Å². The lowest BCUT2D eigenvalue weighted by Gasteiger charge is -2.28. The van der Waals surface area contributed by atoms with Crippen LogP contribution in [0.4, 0.5) is 0 Å². The molecule has 0 fully saturated rings. The van der Waals surface area contributed by atoms with Gasteiger partial charge in [-0.1, -0.05) is 35.0 Å². The standard InChI is InChI=1S/C15H25BrN2O/c1-12(13-6-5-7-14(16)8-13)9-17-10-15(2,19)11-18(3)4/h5-8,12,17,19H,9-11H2,1-4H3. The van der Waals surface area contributed by atoms with E-state index in [4.69, 9.17) is 0 Å². The number of nitrogens with zero attached hydrogens (tertiary/aromatic N) is 1. The third-order valence-electron chi connectivity index (χ3n) is 3.03. The second kappa shape index (κ2) is 7.39. The highest BCUT2D eigenvalue weighted by molar-refractivity contribution is 9.10. The lowest BCUT2D eigenvalue weighted by atomic mass is 10.0. The van der Waals surface area contributed by atoms with Gasteiger partial charge in [-0.2, -0.15) is 0 Å². The van der Waals surface area contributed by atoms with Crippen molar-refractivity contribution in [3.05, 3.63) is 34.3 Å². The van der Waals surface area contributed by atoms with Gasteiger partial charge in [0, 0.05) is 24.1 Å². The Morgan fingerprint density at radius 1 is 1.42 bits per heavy atom.